The number of fused-ring (bicyclic) bond motifs is 1. The standard InChI is InChI=1S/C22H18N4O4S2/c27-21(18-8-9-20(31-18)26(28)29)30-16-6-7-17-19(14-16)32-22(23-17)25-12-10-24(11-13-25)15-4-2-1-3-5-15/h1-9,14H,10-13H2. The zero-order chi connectivity index (χ0) is 22.1. The van der Waals surface area contributed by atoms with Gasteiger partial charge in [-0.15, -0.1) is 0 Å². The second-order valence-corrected chi connectivity index (χ2v) is 9.29. The number of para-hydroxylation sites is 1. The summed E-state index contributed by atoms with van der Waals surface area (Å²) in [4.78, 5) is 32.2. The van der Waals surface area contributed by atoms with Gasteiger partial charge in [0.15, 0.2) is 5.13 Å². The molecule has 1 aliphatic heterocycles. The van der Waals surface area contributed by atoms with Crippen LogP contribution in [-0.4, -0.2) is 42.1 Å². The molecule has 3 heterocycles. The average molecular weight is 467 g/mol. The zero-order valence-electron chi connectivity index (χ0n) is 16.8. The number of carbonyl (C=O) groups is 1. The molecular weight excluding hydrogens is 448 g/mol. The van der Waals surface area contributed by atoms with E-state index in [1.165, 1.54) is 17.8 Å². The predicted molar refractivity (Wildman–Crippen MR) is 126 cm³/mol. The molecular formula is C22H18N4O4S2. The quantitative estimate of drug-likeness (QED) is 0.180. The number of carbonyl (C=O) groups excluding carboxylic acids is 1. The number of thiazole rings is 1. The van der Waals surface area contributed by atoms with Crippen LogP contribution in [0.5, 0.6) is 5.75 Å². The summed E-state index contributed by atoms with van der Waals surface area (Å²) in [5.41, 5.74) is 2.08. The van der Waals surface area contributed by atoms with E-state index in [-0.39, 0.29) is 9.88 Å². The van der Waals surface area contributed by atoms with Gasteiger partial charge in [0.2, 0.25) is 0 Å². The smallest absolute Gasteiger partial charge is 0.353 e. The summed E-state index contributed by atoms with van der Waals surface area (Å²) in [5.74, 6) is -0.216. The predicted octanol–water partition coefficient (Wildman–Crippen LogP) is 4.81. The Labute approximate surface area is 191 Å². The lowest BCUT2D eigenvalue weighted by atomic mass is 10.2. The van der Waals surface area contributed by atoms with E-state index in [2.05, 4.69) is 34.1 Å². The van der Waals surface area contributed by atoms with Gasteiger partial charge in [-0.05, 0) is 30.3 Å². The summed E-state index contributed by atoms with van der Waals surface area (Å²) in [6.07, 6.45) is 0. The van der Waals surface area contributed by atoms with Gasteiger partial charge in [0.1, 0.15) is 10.6 Å². The molecule has 0 N–H and O–H groups in total. The first kappa shape index (κ1) is 20.4. The number of nitrogens with zero attached hydrogens (tertiary/aromatic N) is 4. The summed E-state index contributed by atoms with van der Waals surface area (Å²) < 4.78 is 6.35. The van der Waals surface area contributed by atoms with Gasteiger partial charge >= 0.3 is 11.0 Å². The molecule has 5 rings (SSSR count). The maximum atomic E-state index is 12.3. The van der Waals surface area contributed by atoms with Crippen molar-refractivity contribution in [2.75, 3.05) is 36.0 Å². The third kappa shape index (κ3) is 4.14. The van der Waals surface area contributed by atoms with Crippen molar-refractivity contribution in [1.29, 1.82) is 0 Å². The lowest BCUT2D eigenvalue weighted by Crippen LogP contribution is -2.46. The Balaban J connectivity index is 1.27. The molecule has 0 spiro atoms. The van der Waals surface area contributed by atoms with E-state index in [4.69, 9.17) is 9.72 Å². The molecule has 0 atom stereocenters. The lowest BCUT2D eigenvalue weighted by molar-refractivity contribution is -0.380. The van der Waals surface area contributed by atoms with Crippen molar-refractivity contribution in [3.8, 4) is 5.75 Å². The molecule has 0 unspecified atom stereocenters. The number of thiophene rings is 1. The number of rotatable bonds is 5. The highest BCUT2D eigenvalue weighted by molar-refractivity contribution is 7.22. The van der Waals surface area contributed by atoms with Crippen LogP contribution in [0.1, 0.15) is 9.67 Å². The first-order valence-corrected chi connectivity index (χ1v) is 11.6. The van der Waals surface area contributed by atoms with Crippen LogP contribution >= 0.6 is 22.7 Å². The van der Waals surface area contributed by atoms with Crippen LogP contribution in [0.15, 0.2) is 60.7 Å². The van der Waals surface area contributed by atoms with E-state index >= 15 is 0 Å². The van der Waals surface area contributed by atoms with Gasteiger partial charge in [-0.25, -0.2) is 9.78 Å². The summed E-state index contributed by atoms with van der Waals surface area (Å²) in [6, 6.07) is 18.4. The molecule has 1 aliphatic rings. The van der Waals surface area contributed by atoms with Crippen molar-refractivity contribution >= 4 is 54.7 Å². The molecule has 2 aromatic carbocycles. The van der Waals surface area contributed by atoms with Crippen LogP contribution in [0.3, 0.4) is 0 Å². The molecule has 162 valence electrons. The van der Waals surface area contributed by atoms with Crippen LogP contribution < -0.4 is 14.5 Å². The number of piperazine rings is 1. The molecule has 1 fully saturated rings. The van der Waals surface area contributed by atoms with Crippen molar-refractivity contribution in [1.82, 2.24) is 4.98 Å². The first-order valence-electron chi connectivity index (χ1n) is 9.99. The summed E-state index contributed by atoms with van der Waals surface area (Å²) >= 11 is 2.36. The number of nitro groups is 1. The van der Waals surface area contributed by atoms with Crippen LogP contribution in [-0.2, 0) is 0 Å². The van der Waals surface area contributed by atoms with Gasteiger partial charge in [-0.2, -0.15) is 0 Å². The van der Waals surface area contributed by atoms with E-state index < -0.39 is 10.9 Å². The molecule has 10 heteroatoms. The number of anilines is 2. The molecule has 4 aromatic rings. The molecule has 0 radical (unpaired) electrons. The number of ether oxygens (including phenoxy) is 1. The minimum atomic E-state index is -0.607. The van der Waals surface area contributed by atoms with Crippen molar-refractivity contribution in [2.45, 2.75) is 0 Å². The zero-order valence-corrected chi connectivity index (χ0v) is 18.5. The van der Waals surface area contributed by atoms with Gasteiger partial charge in [0, 0.05) is 44.0 Å². The summed E-state index contributed by atoms with van der Waals surface area (Å²) in [7, 11) is 0. The Bertz CT molecular complexity index is 1280. The average Bonchev–Trinajstić information content (AvgIpc) is 3.47. The number of hydrogen-bond acceptors (Lipinski definition) is 9. The summed E-state index contributed by atoms with van der Waals surface area (Å²) in [5, 5.41) is 11.7. The molecule has 0 amide bonds. The Hall–Kier alpha value is -3.50. The number of benzene rings is 2. The van der Waals surface area contributed by atoms with Gasteiger partial charge in [0.05, 0.1) is 15.1 Å². The van der Waals surface area contributed by atoms with Crippen molar-refractivity contribution in [3.63, 3.8) is 0 Å². The monoisotopic (exact) mass is 466 g/mol. The minimum absolute atomic E-state index is 0.0909. The highest BCUT2D eigenvalue weighted by atomic mass is 32.1. The fourth-order valence-corrected chi connectivity index (χ4v) is 5.32. The lowest BCUT2D eigenvalue weighted by Gasteiger charge is -2.35. The fraction of sp³-hybridized carbons (Fsp3) is 0.182. The van der Waals surface area contributed by atoms with Crippen LogP contribution in [0.4, 0.5) is 15.8 Å². The Kier molecular flexibility index (Phi) is 5.46. The maximum Gasteiger partial charge on any atom is 0.353 e. The van der Waals surface area contributed by atoms with E-state index in [1.807, 2.05) is 12.1 Å². The molecule has 32 heavy (non-hydrogen) atoms. The second-order valence-electron chi connectivity index (χ2n) is 7.22. The Morgan fingerprint density at radius 3 is 2.44 bits per heavy atom. The van der Waals surface area contributed by atoms with Gasteiger partial charge < -0.3 is 14.5 Å². The topological polar surface area (TPSA) is 88.8 Å². The molecule has 1 saturated heterocycles. The Morgan fingerprint density at radius 1 is 0.969 bits per heavy atom. The molecule has 2 aromatic heterocycles. The third-order valence-corrected chi connectivity index (χ3v) is 7.30. The minimum Gasteiger partial charge on any atom is -0.422 e. The number of esters is 1. The largest absolute Gasteiger partial charge is 0.422 e. The van der Waals surface area contributed by atoms with Crippen LogP contribution in [0, 0.1) is 10.1 Å². The highest BCUT2D eigenvalue weighted by Gasteiger charge is 2.21. The van der Waals surface area contributed by atoms with E-state index in [0.29, 0.717) is 5.75 Å². The number of aromatic nitrogens is 1. The van der Waals surface area contributed by atoms with Crippen molar-refractivity contribution in [3.05, 3.63) is 75.7 Å². The SMILES string of the molecule is O=C(Oc1ccc2nc(N3CCN(c4ccccc4)CC3)sc2c1)c1ccc([N+](=O)[O-])s1. The van der Waals surface area contributed by atoms with E-state index in [9.17, 15) is 14.9 Å². The van der Waals surface area contributed by atoms with Crippen LogP contribution in [0.25, 0.3) is 10.2 Å². The van der Waals surface area contributed by atoms with Crippen LogP contribution in [0.2, 0.25) is 0 Å². The van der Waals surface area contributed by atoms with E-state index in [1.54, 1.807) is 23.5 Å². The Morgan fingerprint density at radius 2 is 1.72 bits per heavy atom. The molecule has 0 saturated carbocycles. The number of hydrogen-bond donors (Lipinski definition) is 0. The molecule has 8 nitrogen and oxygen atoms in total. The maximum absolute atomic E-state index is 12.3. The van der Waals surface area contributed by atoms with Gasteiger partial charge in [-0.3, -0.25) is 10.1 Å². The normalized spacial score (nSPS) is 14.0. The van der Waals surface area contributed by atoms with E-state index in [0.717, 1.165) is 52.9 Å². The van der Waals surface area contributed by atoms with Crippen molar-refractivity contribution in [2.24, 2.45) is 0 Å². The third-order valence-electron chi connectivity index (χ3n) is 5.20. The van der Waals surface area contributed by atoms with Gasteiger partial charge in [-0.1, -0.05) is 40.9 Å². The summed E-state index contributed by atoms with van der Waals surface area (Å²) in [6.45, 7) is 3.62. The molecule has 0 aliphatic carbocycles. The van der Waals surface area contributed by atoms with Crippen molar-refractivity contribution < 1.29 is 14.5 Å². The fourth-order valence-electron chi connectivity index (χ4n) is 3.58. The molecule has 0 bridgehead atoms. The second kappa shape index (κ2) is 8.56. The van der Waals surface area contributed by atoms with Gasteiger partial charge in [0.25, 0.3) is 0 Å². The first-order chi connectivity index (χ1) is 15.6. The highest BCUT2D eigenvalue weighted by Crippen LogP contribution is 2.33.